The number of amides is 2. The number of hydrogen-bond acceptors (Lipinski definition) is 3. The first-order valence-corrected chi connectivity index (χ1v) is 7.66. The average molecular weight is 302 g/mol. The lowest BCUT2D eigenvalue weighted by Crippen LogP contribution is -2.53. The van der Waals surface area contributed by atoms with E-state index in [2.05, 4.69) is 0 Å². The molecule has 0 radical (unpaired) electrons. The van der Waals surface area contributed by atoms with Crippen LogP contribution in [0, 0.1) is 0 Å². The number of fused-ring (bicyclic) bond motifs is 1. The predicted molar refractivity (Wildman–Crippen MR) is 82.8 cm³/mol. The van der Waals surface area contributed by atoms with Crippen LogP contribution in [0.5, 0.6) is 0 Å². The Morgan fingerprint density at radius 1 is 1.32 bits per heavy atom. The van der Waals surface area contributed by atoms with Crippen LogP contribution in [0.2, 0.25) is 0 Å². The van der Waals surface area contributed by atoms with Crippen LogP contribution in [0.3, 0.4) is 0 Å². The van der Waals surface area contributed by atoms with Crippen molar-refractivity contribution in [1.29, 1.82) is 0 Å². The SMILES string of the molecule is CN1CC(C(=O)N2CCOC(C)(C)C2)c2ccccc2C1=O. The van der Waals surface area contributed by atoms with Crippen LogP contribution < -0.4 is 0 Å². The molecule has 5 heteroatoms. The van der Waals surface area contributed by atoms with Crippen LogP contribution in [0.25, 0.3) is 0 Å². The Morgan fingerprint density at radius 3 is 2.77 bits per heavy atom. The predicted octanol–water partition coefficient (Wildman–Crippen LogP) is 1.49. The minimum Gasteiger partial charge on any atom is -0.372 e. The summed E-state index contributed by atoms with van der Waals surface area (Å²) < 4.78 is 5.68. The quantitative estimate of drug-likeness (QED) is 0.790. The summed E-state index contributed by atoms with van der Waals surface area (Å²) in [5.41, 5.74) is 1.17. The highest BCUT2D eigenvalue weighted by Gasteiger charge is 2.38. The summed E-state index contributed by atoms with van der Waals surface area (Å²) in [5, 5.41) is 0. The second-order valence-electron chi connectivity index (χ2n) is 6.69. The topological polar surface area (TPSA) is 49.9 Å². The summed E-state index contributed by atoms with van der Waals surface area (Å²) >= 11 is 0. The van der Waals surface area contributed by atoms with Gasteiger partial charge in [-0.3, -0.25) is 9.59 Å². The molecule has 0 N–H and O–H groups in total. The average Bonchev–Trinajstić information content (AvgIpc) is 2.49. The van der Waals surface area contributed by atoms with E-state index in [9.17, 15) is 9.59 Å². The molecular weight excluding hydrogens is 280 g/mol. The number of carbonyl (C=O) groups excluding carboxylic acids is 2. The molecule has 2 aliphatic rings. The van der Waals surface area contributed by atoms with E-state index in [1.807, 2.05) is 36.9 Å². The van der Waals surface area contributed by atoms with E-state index in [0.717, 1.165) is 5.56 Å². The van der Waals surface area contributed by atoms with Crippen molar-refractivity contribution in [2.75, 3.05) is 33.3 Å². The maximum absolute atomic E-state index is 13.0. The van der Waals surface area contributed by atoms with Crippen molar-refractivity contribution in [1.82, 2.24) is 9.80 Å². The molecule has 2 amide bonds. The molecule has 0 saturated carbocycles. The molecule has 1 aromatic rings. The van der Waals surface area contributed by atoms with Gasteiger partial charge in [0.2, 0.25) is 5.91 Å². The second kappa shape index (κ2) is 5.39. The third-order valence-corrected chi connectivity index (χ3v) is 4.41. The molecule has 0 bridgehead atoms. The Morgan fingerprint density at radius 2 is 2.05 bits per heavy atom. The van der Waals surface area contributed by atoms with Crippen molar-refractivity contribution in [2.24, 2.45) is 0 Å². The first-order valence-electron chi connectivity index (χ1n) is 7.66. The van der Waals surface area contributed by atoms with Gasteiger partial charge in [0.1, 0.15) is 0 Å². The smallest absolute Gasteiger partial charge is 0.253 e. The van der Waals surface area contributed by atoms with Gasteiger partial charge in [-0.15, -0.1) is 0 Å². The largest absolute Gasteiger partial charge is 0.372 e. The molecule has 2 heterocycles. The van der Waals surface area contributed by atoms with Crippen LogP contribution >= 0.6 is 0 Å². The van der Waals surface area contributed by atoms with E-state index in [1.165, 1.54) is 0 Å². The molecule has 1 unspecified atom stereocenters. The van der Waals surface area contributed by atoms with Crippen LogP contribution in [0.4, 0.5) is 0 Å². The molecule has 1 aromatic carbocycles. The molecule has 1 atom stereocenters. The van der Waals surface area contributed by atoms with E-state index < -0.39 is 0 Å². The third-order valence-electron chi connectivity index (χ3n) is 4.41. The molecule has 22 heavy (non-hydrogen) atoms. The van der Waals surface area contributed by atoms with Gasteiger partial charge in [-0.1, -0.05) is 18.2 Å². The van der Waals surface area contributed by atoms with Gasteiger partial charge in [-0.05, 0) is 25.5 Å². The Balaban J connectivity index is 1.90. The van der Waals surface area contributed by atoms with Crippen LogP contribution in [0.1, 0.15) is 35.7 Å². The van der Waals surface area contributed by atoms with Gasteiger partial charge in [-0.25, -0.2) is 0 Å². The zero-order valence-electron chi connectivity index (χ0n) is 13.3. The number of likely N-dealkylation sites (N-methyl/N-ethyl adjacent to an activating group) is 1. The molecule has 1 saturated heterocycles. The van der Waals surface area contributed by atoms with E-state index in [-0.39, 0.29) is 23.3 Å². The zero-order chi connectivity index (χ0) is 15.9. The maximum atomic E-state index is 13.0. The molecule has 0 aromatic heterocycles. The van der Waals surface area contributed by atoms with Gasteiger partial charge in [0.25, 0.3) is 5.91 Å². The van der Waals surface area contributed by atoms with Gasteiger partial charge in [0, 0.05) is 32.2 Å². The molecule has 0 aliphatic carbocycles. The third kappa shape index (κ3) is 2.61. The van der Waals surface area contributed by atoms with Crippen LogP contribution in [-0.2, 0) is 9.53 Å². The first-order chi connectivity index (χ1) is 10.4. The number of ether oxygens (including phenoxy) is 1. The fourth-order valence-electron chi connectivity index (χ4n) is 3.29. The molecule has 5 nitrogen and oxygen atoms in total. The molecule has 3 rings (SSSR count). The van der Waals surface area contributed by atoms with E-state index in [0.29, 0.717) is 31.8 Å². The molecule has 118 valence electrons. The summed E-state index contributed by atoms with van der Waals surface area (Å²) in [6.07, 6.45) is 0. The van der Waals surface area contributed by atoms with Gasteiger partial charge in [-0.2, -0.15) is 0 Å². The number of morpholine rings is 1. The maximum Gasteiger partial charge on any atom is 0.253 e. The lowest BCUT2D eigenvalue weighted by Gasteiger charge is -2.41. The second-order valence-corrected chi connectivity index (χ2v) is 6.69. The molecule has 0 spiro atoms. The van der Waals surface area contributed by atoms with Crippen LogP contribution in [-0.4, -0.2) is 60.5 Å². The van der Waals surface area contributed by atoms with E-state index in [1.54, 1.807) is 18.0 Å². The number of rotatable bonds is 1. The molecule has 2 aliphatic heterocycles. The highest BCUT2D eigenvalue weighted by Crippen LogP contribution is 2.30. The number of benzene rings is 1. The van der Waals surface area contributed by atoms with Gasteiger partial charge >= 0.3 is 0 Å². The minimum atomic E-state index is -0.316. The summed E-state index contributed by atoms with van der Waals surface area (Å²) in [7, 11) is 1.75. The highest BCUT2D eigenvalue weighted by atomic mass is 16.5. The van der Waals surface area contributed by atoms with Crippen molar-refractivity contribution in [3.63, 3.8) is 0 Å². The Labute approximate surface area is 130 Å². The zero-order valence-corrected chi connectivity index (χ0v) is 13.3. The van der Waals surface area contributed by atoms with Gasteiger partial charge in [0.15, 0.2) is 0 Å². The minimum absolute atomic E-state index is 0.0121. The van der Waals surface area contributed by atoms with Crippen molar-refractivity contribution in [3.8, 4) is 0 Å². The molecular formula is C17H22N2O3. The highest BCUT2D eigenvalue weighted by molar-refractivity contribution is 6.00. The Bertz CT molecular complexity index is 612. The van der Waals surface area contributed by atoms with Crippen molar-refractivity contribution < 1.29 is 14.3 Å². The summed E-state index contributed by atoms with van der Waals surface area (Å²) in [4.78, 5) is 28.7. The van der Waals surface area contributed by atoms with Crippen molar-refractivity contribution >= 4 is 11.8 Å². The lowest BCUT2D eigenvalue weighted by atomic mass is 9.88. The van der Waals surface area contributed by atoms with Gasteiger partial charge in [0.05, 0.1) is 18.1 Å². The standard InChI is InChI=1S/C17H22N2O3/c1-17(2)11-19(8-9-22-17)16(21)14-10-18(3)15(20)13-7-5-4-6-12(13)14/h4-7,14H,8-11H2,1-3H3. The summed E-state index contributed by atoms with van der Waals surface area (Å²) in [6.45, 7) is 6.18. The van der Waals surface area contributed by atoms with Crippen molar-refractivity contribution in [2.45, 2.75) is 25.4 Å². The number of hydrogen-bond donors (Lipinski definition) is 0. The Hall–Kier alpha value is -1.88. The van der Waals surface area contributed by atoms with Crippen LogP contribution in [0.15, 0.2) is 24.3 Å². The van der Waals surface area contributed by atoms with E-state index >= 15 is 0 Å². The summed E-state index contributed by atoms with van der Waals surface area (Å²) in [6, 6.07) is 7.43. The fourth-order valence-corrected chi connectivity index (χ4v) is 3.29. The first kappa shape index (κ1) is 15.0. The Kier molecular flexibility index (Phi) is 3.68. The monoisotopic (exact) mass is 302 g/mol. The normalized spacial score (nSPS) is 24.1. The summed E-state index contributed by atoms with van der Waals surface area (Å²) in [5.74, 6) is -0.210. The fraction of sp³-hybridized carbons (Fsp3) is 0.529. The van der Waals surface area contributed by atoms with Gasteiger partial charge < -0.3 is 14.5 Å². The lowest BCUT2D eigenvalue weighted by molar-refractivity contribution is -0.147. The molecule has 1 fully saturated rings. The van der Waals surface area contributed by atoms with Crippen molar-refractivity contribution in [3.05, 3.63) is 35.4 Å². The number of carbonyl (C=O) groups is 2. The number of nitrogens with zero attached hydrogens (tertiary/aromatic N) is 2. The van der Waals surface area contributed by atoms with E-state index in [4.69, 9.17) is 4.74 Å².